The summed E-state index contributed by atoms with van der Waals surface area (Å²) in [5.74, 6) is -0.183. The molecule has 0 aromatic heterocycles. The molecule has 5 heteroatoms. The number of amides is 2. The van der Waals surface area contributed by atoms with Gasteiger partial charge in [-0.1, -0.05) is 17.7 Å². The van der Waals surface area contributed by atoms with Crippen molar-refractivity contribution in [3.05, 3.63) is 29.8 Å². The Morgan fingerprint density at radius 3 is 2.83 bits per heavy atom. The molecule has 96 valence electrons. The van der Waals surface area contributed by atoms with Crippen molar-refractivity contribution < 1.29 is 14.9 Å². The zero-order valence-electron chi connectivity index (χ0n) is 10.4. The van der Waals surface area contributed by atoms with E-state index < -0.39 is 0 Å². The van der Waals surface area contributed by atoms with Gasteiger partial charge in [0.15, 0.2) is 6.04 Å². The van der Waals surface area contributed by atoms with Crippen LogP contribution in [0.25, 0.3) is 0 Å². The molecule has 1 atom stereocenters. The monoisotopic (exact) mass is 248 g/mol. The molecule has 0 unspecified atom stereocenters. The molecule has 1 saturated heterocycles. The number of aryl methyl sites for hydroxylation is 1. The van der Waals surface area contributed by atoms with E-state index in [0.29, 0.717) is 6.54 Å². The van der Waals surface area contributed by atoms with Crippen LogP contribution in [0.15, 0.2) is 24.3 Å². The fourth-order valence-corrected chi connectivity index (χ4v) is 1.94. The molecule has 0 bridgehead atoms. The summed E-state index contributed by atoms with van der Waals surface area (Å²) in [6.07, 6.45) is 0.208. The number of carbonyl (C=O) groups excluding carboxylic acids is 2. The summed E-state index contributed by atoms with van der Waals surface area (Å²) in [4.78, 5) is 23.3. The summed E-state index contributed by atoms with van der Waals surface area (Å²) in [6, 6.07) is 7.30. The van der Waals surface area contributed by atoms with Crippen molar-refractivity contribution in [2.45, 2.75) is 19.4 Å². The molecule has 2 amide bonds. The lowest BCUT2D eigenvalue weighted by Crippen LogP contribution is -2.96. The SMILES string of the molecule is Cc1ccc(NC(=O)C[C@@H]2[NH2+]CCNC2=O)cc1. The topological polar surface area (TPSA) is 74.8 Å². The van der Waals surface area contributed by atoms with Gasteiger partial charge in [-0.05, 0) is 19.1 Å². The summed E-state index contributed by atoms with van der Waals surface area (Å²) >= 11 is 0. The highest BCUT2D eigenvalue weighted by atomic mass is 16.2. The molecule has 1 aromatic rings. The van der Waals surface area contributed by atoms with Crippen molar-refractivity contribution in [2.75, 3.05) is 18.4 Å². The first-order valence-corrected chi connectivity index (χ1v) is 6.13. The molecule has 0 spiro atoms. The Morgan fingerprint density at radius 1 is 1.44 bits per heavy atom. The van der Waals surface area contributed by atoms with Crippen molar-refractivity contribution in [1.82, 2.24) is 5.32 Å². The molecule has 0 saturated carbocycles. The van der Waals surface area contributed by atoms with E-state index in [4.69, 9.17) is 0 Å². The highest BCUT2D eigenvalue weighted by molar-refractivity contribution is 5.94. The van der Waals surface area contributed by atoms with Crippen molar-refractivity contribution in [3.63, 3.8) is 0 Å². The van der Waals surface area contributed by atoms with Crippen molar-refractivity contribution >= 4 is 17.5 Å². The van der Waals surface area contributed by atoms with E-state index in [9.17, 15) is 9.59 Å². The molecule has 1 aromatic carbocycles. The first kappa shape index (κ1) is 12.6. The van der Waals surface area contributed by atoms with E-state index >= 15 is 0 Å². The van der Waals surface area contributed by atoms with E-state index in [1.807, 2.05) is 36.5 Å². The van der Waals surface area contributed by atoms with Crippen LogP contribution in [0, 0.1) is 6.92 Å². The molecule has 5 nitrogen and oxygen atoms in total. The van der Waals surface area contributed by atoms with Crippen LogP contribution in [0.3, 0.4) is 0 Å². The average Bonchev–Trinajstić information content (AvgIpc) is 2.35. The largest absolute Gasteiger partial charge is 0.345 e. The Balaban J connectivity index is 1.88. The minimum atomic E-state index is -0.302. The van der Waals surface area contributed by atoms with Gasteiger partial charge in [-0.25, -0.2) is 0 Å². The molecule has 1 heterocycles. The lowest BCUT2D eigenvalue weighted by atomic mass is 10.1. The number of nitrogens with two attached hydrogens (primary N) is 1. The van der Waals surface area contributed by atoms with Gasteiger partial charge in [0.25, 0.3) is 5.91 Å². The Bertz CT molecular complexity index is 442. The maximum Gasteiger partial charge on any atom is 0.278 e. The third-order valence-electron chi connectivity index (χ3n) is 2.97. The molecule has 0 radical (unpaired) electrons. The van der Waals surface area contributed by atoms with Gasteiger partial charge in [-0.3, -0.25) is 9.59 Å². The predicted octanol–water partition coefficient (Wildman–Crippen LogP) is -0.615. The number of quaternary nitrogens is 1. The van der Waals surface area contributed by atoms with Crippen molar-refractivity contribution in [3.8, 4) is 0 Å². The zero-order valence-corrected chi connectivity index (χ0v) is 10.4. The van der Waals surface area contributed by atoms with E-state index in [0.717, 1.165) is 17.8 Å². The van der Waals surface area contributed by atoms with Gasteiger partial charge in [0.2, 0.25) is 5.91 Å². The van der Waals surface area contributed by atoms with Gasteiger partial charge >= 0.3 is 0 Å². The normalized spacial score (nSPS) is 19.2. The Hall–Kier alpha value is -1.88. The van der Waals surface area contributed by atoms with Gasteiger partial charge in [0.05, 0.1) is 19.5 Å². The summed E-state index contributed by atoms with van der Waals surface area (Å²) in [5.41, 5.74) is 1.91. The lowest BCUT2D eigenvalue weighted by molar-refractivity contribution is -0.678. The summed E-state index contributed by atoms with van der Waals surface area (Å²) < 4.78 is 0. The standard InChI is InChI=1S/C13H17N3O2/c1-9-2-4-10(5-3-9)16-12(17)8-11-13(18)15-7-6-14-11/h2-5,11,14H,6-8H2,1H3,(H,15,18)(H,16,17)/p+1/t11-/m0/s1. The van der Waals surface area contributed by atoms with E-state index in [2.05, 4.69) is 10.6 Å². The molecule has 1 aliphatic heterocycles. The van der Waals surface area contributed by atoms with Crippen LogP contribution in [0.1, 0.15) is 12.0 Å². The second kappa shape index (κ2) is 5.64. The maximum absolute atomic E-state index is 11.8. The van der Waals surface area contributed by atoms with Gasteiger partial charge in [-0.15, -0.1) is 0 Å². The minimum Gasteiger partial charge on any atom is -0.345 e. The van der Waals surface area contributed by atoms with Gasteiger partial charge in [0, 0.05) is 5.69 Å². The predicted molar refractivity (Wildman–Crippen MR) is 68.0 cm³/mol. The molecule has 0 aliphatic carbocycles. The molecule has 2 rings (SSSR count). The molecular weight excluding hydrogens is 230 g/mol. The van der Waals surface area contributed by atoms with Gasteiger partial charge < -0.3 is 16.0 Å². The van der Waals surface area contributed by atoms with Crippen LogP contribution in [-0.2, 0) is 9.59 Å². The van der Waals surface area contributed by atoms with E-state index in [1.165, 1.54) is 0 Å². The first-order chi connectivity index (χ1) is 8.65. The van der Waals surface area contributed by atoms with Crippen molar-refractivity contribution in [2.24, 2.45) is 0 Å². The number of carbonyl (C=O) groups is 2. The van der Waals surface area contributed by atoms with Crippen LogP contribution in [0.2, 0.25) is 0 Å². The maximum atomic E-state index is 11.8. The van der Waals surface area contributed by atoms with Crippen molar-refractivity contribution in [1.29, 1.82) is 0 Å². The van der Waals surface area contributed by atoms with Gasteiger partial charge in [-0.2, -0.15) is 0 Å². The molecular formula is C13H18N3O2+. The Kier molecular flexibility index (Phi) is 3.94. The Labute approximate surface area is 106 Å². The summed E-state index contributed by atoms with van der Waals surface area (Å²) in [5, 5.41) is 7.47. The number of piperazine rings is 1. The lowest BCUT2D eigenvalue weighted by Gasteiger charge is -2.19. The third-order valence-corrected chi connectivity index (χ3v) is 2.97. The third kappa shape index (κ3) is 3.30. The number of anilines is 1. The Morgan fingerprint density at radius 2 is 2.17 bits per heavy atom. The second-order valence-corrected chi connectivity index (χ2v) is 4.54. The quantitative estimate of drug-likeness (QED) is 0.667. The van der Waals surface area contributed by atoms with E-state index in [1.54, 1.807) is 0 Å². The number of hydrogen-bond acceptors (Lipinski definition) is 2. The molecule has 18 heavy (non-hydrogen) atoms. The van der Waals surface area contributed by atoms with Crippen LogP contribution >= 0.6 is 0 Å². The minimum absolute atomic E-state index is 0.0553. The molecule has 4 N–H and O–H groups in total. The fraction of sp³-hybridized carbons (Fsp3) is 0.385. The number of benzene rings is 1. The van der Waals surface area contributed by atoms with Crippen LogP contribution in [0.4, 0.5) is 5.69 Å². The number of rotatable bonds is 3. The summed E-state index contributed by atoms with van der Waals surface area (Å²) in [6.45, 7) is 3.50. The molecule has 1 aliphatic rings. The number of hydrogen-bond donors (Lipinski definition) is 3. The zero-order chi connectivity index (χ0) is 13.0. The van der Waals surface area contributed by atoms with Crippen LogP contribution < -0.4 is 16.0 Å². The summed E-state index contributed by atoms with van der Waals surface area (Å²) in [7, 11) is 0. The fourth-order valence-electron chi connectivity index (χ4n) is 1.94. The highest BCUT2D eigenvalue weighted by Crippen LogP contribution is 2.09. The first-order valence-electron chi connectivity index (χ1n) is 6.13. The van der Waals surface area contributed by atoms with E-state index in [-0.39, 0.29) is 24.3 Å². The van der Waals surface area contributed by atoms with Crippen LogP contribution in [0.5, 0.6) is 0 Å². The molecule has 1 fully saturated rings. The average molecular weight is 248 g/mol. The highest BCUT2D eigenvalue weighted by Gasteiger charge is 2.27. The van der Waals surface area contributed by atoms with Gasteiger partial charge in [0.1, 0.15) is 0 Å². The number of nitrogens with one attached hydrogen (secondary N) is 2. The second-order valence-electron chi connectivity index (χ2n) is 4.54. The smallest absolute Gasteiger partial charge is 0.278 e. The van der Waals surface area contributed by atoms with Crippen LogP contribution in [-0.4, -0.2) is 30.9 Å².